The molecular formula is C14H18OS. The number of fused-ring (bicyclic) bond motifs is 1. The minimum absolute atomic E-state index is 0.272. The fourth-order valence-corrected chi connectivity index (χ4v) is 3.04. The molecule has 0 saturated carbocycles. The van der Waals surface area contributed by atoms with Crippen LogP contribution in [-0.4, -0.2) is 17.3 Å². The average molecular weight is 234 g/mol. The van der Waals surface area contributed by atoms with Gasteiger partial charge in [-0.25, -0.2) is 0 Å². The van der Waals surface area contributed by atoms with Crippen molar-refractivity contribution in [1.82, 2.24) is 0 Å². The second-order valence-corrected chi connectivity index (χ2v) is 5.64. The van der Waals surface area contributed by atoms with E-state index in [1.54, 1.807) is 0 Å². The van der Waals surface area contributed by atoms with E-state index in [-0.39, 0.29) is 5.92 Å². The summed E-state index contributed by atoms with van der Waals surface area (Å²) in [6.07, 6.45) is 3.16. The van der Waals surface area contributed by atoms with E-state index in [0.29, 0.717) is 5.78 Å². The van der Waals surface area contributed by atoms with Crippen LogP contribution in [0.25, 0.3) is 0 Å². The molecule has 0 fully saturated rings. The van der Waals surface area contributed by atoms with Gasteiger partial charge in [-0.2, -0.15) is 11.8 Å². The molecule has 1 nitrogen and oxygen atoms in total. The Morgan fingerprint density at radius 2 is 2.19 bits per heavy atom. The second kappa shape index (κ2) is 5.53. The van der Waals surface area contributed by atoms with Crippen LogP contribution in [0, 0.1) is 5.92 Å². The molecule has 1 aromatic rings. The SMILES string of the molecule is CCSCCC1CCc2ccccc2C1=O. The Kier molecular flexibility index (Phi) is 4.05. The van der Waals surface area contributed by atoms with Gasteiger partial charge >= 0.3 is 0 Å². The lowest BCUT2D eigenvalue weighted by Crippen LogP contribution is -2.23. The number of ketones is 1. The van der Waals surface area contributed by atoms with Crippen molar-refractivity contribution < 1.29 is 4.79 Å². The molecule has 1 aromatic carbocycles. The number of rotatable bonds is 4. The Morgan fingerprint density at radius 3 is 3.00 bits per heavy atom. The van der Waals surface area contributed by atoms with Gasteiger partial charge in [-0.1, -0.05) is 31.2 Å². The fourth-order valence-electron chi connectivity index (χ4n) is 2.30. The van der Waals surface area contributed by atoms with Crippen molar-refractivity contribution in [3.8, 4) is 0 Å². The molecule has 0 saturated heterocycles. The third-order valence-corrected chi connectivity index (χ3v) is 4.16. The highest BCUT2D eigenvalue weighted by atomic mass is 32.2. The number of Topliss-reactive ketones (excluding diaryl/α,β-unsaturated/α-hetero) is 1. The van der Waals surface area contributed by atoms with Gasteiger partial charge in [0.25, 0.3) is 0 Å². The Bertz CT molecular complexity index is 373. The summed E-state index contributed by atoms with van der Waals surface area (Å²) < 4.78 is 0. The predicted octanol–water partition coefficient (Wildman–Crippen LogP) is 3.57. The number of carbonyl (C=O) groups is 1. The van der Waals surface area contributed by atoms with Crippen molar-refractivity contribution in [3.63, 3.8) is 0 Å². The van der Waals surface area contributed by atoms with Crippen molar-refractivity contribution in [1.29, 1.82) is 0 Å². The maximum absolute atomic E-state index is 12.2. The topological polar surface area (TPSA) is 17.1 Å². The van der Waals surface area contributed by atoms with Gasteiger partial charge in [-0.3, -0.25) is 4.79 Å². The largest absolute Gasteiger partial charge is 0.294 e. The van der Waals surface area contributed by atoms with Crippen LogP contribution < -0.4 is 0 Å². The van der Waals surface area contributed by atoms with E-state index in [0.717, 1.165) is 36.3 Å². The van der Waals surface area contributed by atoms with Crippen LogP contribution in [0.3, 0.4) is 0 Å². The van der Waals surface area contributed by atoms with E-state index in [4.69, 9.17) is 0 Å². The summed E-state index contributed by atoms with van der Waals surface area (Å²) in [5.74, 6) is 2.92. The minimum Gasteiger partial charge on any atom is -0.294 e. The lowest BCUT2D eigenvalue weighted by atomic mass is 9.81. The lowest BCUT2D eigenvalue weighted by molar-refractivity contribution is 0.0899. The molecule has 1 unspecified atom stereocenters. The first-order valence-corrected chi connectivity index (χ1v) is 7.18. The highest BCUT2D eigenvalue weighted by Gasteiger charge is 2.26. The molecule has 0 N–H and O–H groups in total. The van der Waals surface area contributed by atoms with Crippen LogP contribution in [0.15, 0.2) is 24.3 Å². The molecule has 0 aromatic heterocycles. The van der Waals surface area contributed by atoms with Gasteiger partial charge in [0.15, 0.2) is 5.78 Å². The fraction of sp³-hybridized carbons (Fsp3) is 0.500. The standard InChI is InChI=1S/C14H18OS/c1-2-16-10-9-12-8-7-11-5-3-4-6-13(11)14(12)15/h3-6,12H,2,7-10H2,1H3. The number of thioether (sulfide) groups is 1. The monoisotopic (exact) mass is 234 g/mol. The second-order valence-electron chi connectivity index (χ2n) is 4.24. The smallest absolute Gasteiger partial charge is 0.166 e. The van der Waals surface area contributed by atoms with Crippen LogP contribution in [-0.2, 0) is 6.42 Å². The van der Waals surface area contributed by atoms with Gasteiger partial charge in [0.1, 0.15) is 0 Å². The van der Waals surface area contributed by atoms with Gasteiger partial charge in [0, 0.05) is 11.5 Å². The molecule has 2 rings (SSSR count). The number of benzene rings is 1. The van der Waals surface area contributed by atoms with Crippen LogP contribution in [0.2, 0.25) is 0 Å². The summed E-state index contributed by atoms with van der Waals surface area (Å²) in [7, 11) is 0. The summed E-state index contributed by atoms with van der Waals surface area (Å²) in [5, 5.41) is 0. The van der Waals surface area contributed by atoms with Gasteiger partial charge in [0.05, 0.1) is 0 Å². The molecule has 0 bridgehead atoms. The zero-order valence-electron chi connectivity index (χ0n) is 9.74. The zero-order chi connectivity index (χ0) is 11.4. The molecule has 0 spiro atoms. The minimum atomic E-state index is 0.272. The predicted molar refractivity (Wildman–Crippen MR) is 70.2 cm³/mol. The van der Waals surface area contributed by atoms with E-state index < -0.39 is 0 Å². The van der Waals surface area contributed by atoms with E-state index in [1.165, 1.54) is 5.56 Å². The lowest BCUT2D eigenvalue weighted by Gasteiger charge is -2.22. The molecule has 16 heavy (non-hydrogen) atoms. The van der Waals surface area contributed by atoms with Crippen LogP contribution in [0.1, 0.15) is 35.7 Å². The van der Waals surface area contributed by atoms with Crippen molar-refractivity contribution in [2.45, 2.75) is 26.2 Å². The first kappa shape index (κ1) is 11.7. The summed E-state index contributed by atoms with van der Waals surface area (Å²) in [4.78, 5) is 12.2. The van der Waals surface area contributed by atoms with Gasteiger partial charge in [-0.05, 0) is 36.3 Å². The normalized spacial score (nSPS) is 19.6. The molecular weight excluding hydrogens is 216 g/mol. The maximum atomic E-state index is 12.2. The third-order valence-electron chi connectivity index (χ3n) is 3.23. The number of hydrogen-bond donors (Lipinski definition) is 0. The summed E-state index contributed by atoms with van der Waals surface area (Å²) in [6.45, 7) is 2.17. The van der Waals surface area contributed by atoms with Crippen LogP contribution >= 0.6 is 11.8 Å². The Morgan fingerprint density at radius 1 is 1.38 bits per heavy atom. The molecule has 1 atom stereocenters. The van der Waals surface area contributed by atoms with Gasteiger partial charge in [0.2, 0.25) is 0 Å². The van der Waals surface area contributed by atoms with Crippen molar-refractivity contribution in [2.24, 2.45) is 5.92 Å². The number of hydrogen-bond acceptors (Lipinski definition) is 2. The summed E-state index contributed by atoms with van der Waals surface area (Å²) in [6, 6.07) is 8.07. The molecule has 0 aliphatic heterocycles. The van der Waals surface area contributed by atoms with E-state index in [1.807, 2.05) is 30.0 Å². The van der Waals surface area contributed by atoms with Crippen molar-refractivity contribution in [3.05, 3.63) is 35.4 Å². The molecule has 2 heteroatoms. The summed E-state index contributed by atoms with van der Waals surface area (Å²) >= 11 is 1.93. The number of carbonyl (C=O) groups excluding carboxylic acids is 1. The van der Waals surface area contributed by atoms with Crippen LogP contribution in [0.5, 0.6) is 0 Å². The number of aryl methyl sites for hydroxylation is 1. The van der Waals surface area contributed by atoms with E-state index in [2.05, 4.69) is 13.0 Å². The summed E-state index contributed by atoms with van der Waals surface area (Å²) in [5.41, 5.74) is 2.21. The maximum Gasteiger partial charge on any atom is 0.166 e. The quantitative estimate of drug-likeness (QED) is 0.741. The van der Waals surface area contributed by atoms with Gasteiger partial charge in [-0.15, -0.1) is 0 Å². The highest BCUT2D eigenvalue weighted by molar-refractivity contribution is 7.99. The average Bonchev–Trinajstić information content (AvgIpc) is 2.33. The van der Waals surface area contributed by atoms with Crippen LogP contribution in [0.4, 0.5) is 0 Å². The Labute approximate surface area is 102 Å². The van der Waals surface area contributed by atoms with Crippen molar-refractivity contribution >= 4 is 17.5 Å². The van der Waals surface area contributed by atoms with E-state index >= 15 is 0 Å². The molecule has 1 aliphatic rings. The first-order valence-electron chi connectivity index (χ1n) is 6.02. The molecule has 0 amide bonds. The third kappa shape index (κ3) is 2.49. The molecule has 0 radical (unpaired) electrons. The van der Waals surface area contributed by atoms with Crippen molar-refractivity contribution in [2.75, 3.05) is 11.5 Å². The molecule has 0 heterocycles. The molecule has 86 valence electrons. The molecule has 1 aliphatic carbocycles. The zero-order valence-corrected chi connectivity index (χ0v) is 10.6. The Balaban J connectivity index is 2.03. The Hall–Kier alpha value is -0.760. The first-order chi connectivity index (χ1) is 7.83. The van der Waals surface area contributed by atoms with E-state index in [9.17, 15) is 4.79 Å². The highest BCUT2D eigenvalue weighted by Crippen LogP contribution is 2.28. The van der Waals surface area contributed by atoms with Gasteiger partial charge < -0.3 is 0 Å².